The highest BCUT2D eigenvalue weighted by molar-refractivity contribution is 8.15. The van der Waals surface area contributed by atoms with Crippen LogP contribution in [0.15, 0.2) is 82.7 Å². The van der Waals surface area contributed by atoms with E-state index in [4.69, 9.17) is 13.9 Å². The first-order valence-corrected chi connectivity index (χ1v) is 21.0. The zero-order valence-electron chi connectivity index (χ0n) is 29.4. The van der Waals surface area contributed by atoms with E-state index in [2.05, 4.69) is 75.8 Å². The molecule has 1 aliphatic rings. The summed E-state index contributed by atoms with van der Waals surface area (Å²) in [4.78, 5) is 19.6. The first-order valence-electron chi connectivity index (χ1n) is 16.3. The summed E-state index contributed by atoms with van der Waals surface area (Å²) in [5.41, 5.74) is 1.53. The molecular formula is C37H46N2O7S2Si. The number of H-pyrrole nitrogens is 1. The molecule has 2 atom stereocenters. The molecule has 2 heterocycles. The van der Waals surface area contributed by atoms with E-state index in [0.29, 0.717) is 30.4 Å². The number of carboxylic acid groups (broad SMARTS) is 1. The number of benzene rings is 3. The average Bonchev–Trinajstić information content (AvgIpc) is 3.63. The number of thioether (sulfide) groups is 1. The lowest BCUT2D eigenvalue weighted by Crippen LogP contribution is -2.64. The minimum absolute atomic E-state index is 0.0385. The number of aliphatic imine (C=N–C) groups is 1. The Morgan fingerprint density at radius 1 is 1.00 bits per heavy atom. The maximum Gasteiger partial charge on any atom is 0.304 e. The highest BCUT2D eigenvalue weighted by Gasteiger charge is 2.56. The van der Waals surface area contributed by atoms with E-state index in [9.17, 15) is 18.3 Å². The molecule has 0 saturated carbocycles. The average molecular weight is 723 g/mol. The van der Waals surface area contributed by atoms with Crippen LogP contribution in [0.5, 0.6) is 17.2 Å². The van der Waals surface area contributed by atoms with Crippen molar-refractivity contribution in [2.24, 2.45) is 4.99 Å². The van der Waals surface area contributed by atoms with Crippen LogP contribution in [-0.2, 0) is 19.1 Å². The lowest BCUT2D eigenvalue weighted by molar-refractivity contribution is -0.136. The number of nitrogens with one attached hydrogen (secondary N) is 1. The number of hydrogen-bond acceptors (Lipinski definition) is 8. The molecule has 9 nitrogen and oxygen atoms in total. The molecule has 4 aromatic rings. The standard InChI is InChI=1S/C37H46N2O7S2Si/c1-24(23-44-49(36(2,3)4,37(5,6)7)30-12-10-9-11-13-30)45-32-20-27(46-26-14-16-29(17-15-26)48(8,42)43)18-25-19-31(39-34(25)32)35-38-22-28(47-35)21-33(40)41/h9-20,24,28,39H,21-23H2,1-8H3,(H,40,41). The molecule has 0 saturated heterocycles. The fourth-order valence-corrected chi connectivity index (χ4v) is 14.8. The van der Waals surface area contributed by atoms with Gasteiger partial charge in [-0.15, -0.1) is 0 Å². The normalized spacial score (nSPS) is 16.4. The van der Waals surface area contributed by atoms with Crippen molar-refractivity contribution in [2.45, 2.75) is 81.2 Å². The van der Waals surface area contributed by atoms with Crippen LogP contribution in [0.4, 0.5) is 0 Å². The SMILES string of the molecule is CC(CO[Si](c1ccccc1)(C(C)(C)C)C(C)(C)C)Oc1cc(Oc2ccc(S(C)(=O)=O)cc2)cc2cc(C3=NCC(CC(=O)O)S3)[nH]c12. The van der Waals surface area contributed by atoms with E-state index in [1.807, 2.05) is 31.2 Å². The van der Waals surface area contributed by atoms with Gasteiger partial charge in [-0.25, -0.2) is 8.42 Å². The van der Waals surface area contributed by atoms with E-state index in [0.717, 1.165) is 21.6 Å². The Hall–Kier alpha value is -3.58. The van der Waals surface area contributed by atoms with Crippen LogP contribution < -0.4 is 14.7 Å². The van der Waals surface area contributed by atoms with Crippen molar-refractivity contribution in [1.29, 1.82) is 0 Å². The number of nitrogens with zero attached hydrogens (tertiary/aromatic N) is 1. The molecule has 2 unspecified atom stereocenters. The Morgan fingerprint density at radius 3 is 2.24 bits per heavy atom. The third-order valence-electron chi connectivity index (χ3n) is 8.66. The molecule has 5 rings (SSSR count). The zero-order chi connectivity index (χ0) is 35.8. The van der Waals surface area contributed by atoms with Gasteiger partial charge in [0.05, 0.1) is 35.7 Å². The first kappa shape index (κ1) is 36.7. The quantitative estimate of drug-likeness (QED) is 0.141. The Morgan fingerprint density at radius 2 is 1.65 bits per heavy atom. The molecule has 12 heteroatoms. The Balaban J connectivity index is 1.47. The molecule has 1 aromatic heterocycles. The van der Waals surface area contributed by atoms with E-state index in [-0.39, 0.29) is 32.7 Å². The van der Waals surface area contributed by atoms with Gasteiger partial charge in [-0.1, -0.05) is 83.6 Å². The summed E-state index contributed by atoms with van der Waals surface area (Å²) < 4.78 is 44.0. The van der Waals surface area contributed by atoms with Crippen LogP contribution in [0.25, 0.3) is 10.9 Å². The van der Waals surface area contributed by atoms with E-state index in [1.165, 1.54) is 35.3 Å². The lowest BCUT2D eigenvalue weighted by Gasteiger charge is -2.51. The van der Waals surface area contributed by atoms with Crippen molar-refractivity contribution < 1.29 is 32.2 Å². The fourth-order valence-electron chi connectivity index (χ4n) is 6.88. The van der Waals surface area contributed by atoms with Crippen molar-refractivity contribution in [3.8, 4) is 17.2 Å². The minimum atomic E-state index is -3.34. The van der Waals surface area contributed by atoms with Gasteiger partial charge in [0.1, 0.15) is 28.4 Å². The summed E-state index contributed by atoms with van der Waals surface area (Å²) in [7, 11) is -5.98. The van der Waals surface area contributed by atoms with E-state index >= 15 is 0 Å². The van der Waals surface area contributed by atoms with Gasteiger partial charge in [-0.05, 0) is 58.6 Å². The number of carboxylic acids is 1. The first-order chi connectivity index (χ1) is 22.9. The minimum Gasteiger partial charge on any atom is -0.486 e. The zero-order valence-corrected chi connectivity index (χ0v) is 32.0. The van der Waals surface area contributed by atoms with E-state index < -0.39 is 24.1 Å². The van der Waals surface area contributed by atoms with Gasteiger partial charge in [0.15, 0.2) is 9.84 Å². The number of fused-ring (bicyclic) bond motifs is 1. The maximum absolute atomic E-state index is 12.0. The predicted molar refractivity (Wildman–Crippen MR) is 200 cm³/mol. The van der Waals surface area contributed by atoms with Crippen LogP contribution in [0.1, 0.15) is 60.6 Å². The molecule has 49 heavy (non-hydrogen) atoms. The monoisotopic (exact) mass is 722 g/mol. The number of hydrogen-bond donors (Lipinski definition) is 2. The van der Waals surface area contributed by atoms with Crippen LogP contribution in [0, 0.1) is 0 Å². The second-order valence-corrected chi connectivity index (χ2v) is 23.2. The van der Waals surface area contributed by atoms with E-state index in [1.54, 1.807) is 12.1 Å². The smallest absolute Gasteiger partial charge is 0.304 e. The number of carbonyl (C=O) groups is 1. The number of aromatic amines is 1. The Bertz CT molecular complexity index is 1930. The third-order valence-corrected chi connectivity index (χ3v) is 17.0. The van der Waals surface area contributed by atoms with Crippen molar-refractivity contribution in [1.82, 2.24) is 4.98 Å². The van der Waals surface area contributed by atoms with Crippen LogP contribution >= 0.6 is 11.8 Å². The number of aliphatic carboxylic acids is 1. The van der Waals surface area contributed by atoms with Crippen molar-refractivity contribution >= 4 is 57.0 Å². The molecule has 3 aromatic carbocycles. The third kappa shape index (κ3) is 8.09. The summed E-state index contributed by atoms with van der Waals surface area (Å²) in [6, 6.07) is 22.5. The molecule has 0 aliphatic carbocycles. The summed E-state index contributed by atoms with van der Waals surface area (Å²) in [6.45, 7) is 16.4. The summed E-state index contributed by atoms with van der Waals surface area (Å²) in [6.07, 6.45) is 0.871. The Labute approximate surface area is 294 Å². The molecule has 0 spiro atoms. The van der Waals surface area contributed by atoms with Crippen molar-refractivity contribution in [3.05, 3.63) is 78.5 Å². The summed E-state index contributed by atoms with van der Waals surface area (Å²) >= 11 is 1.45. The maximum atomic E-state index is 12.0. The molecule has 0 fully saturated rings. The predicted octanol–water partition coefficient (Wildman–Crippen LogP) is 7.94. The molecule has 1 aliphatic heterocycles. The van der Waals surface area contributed by atoms with Gasteiger partial charge in [0.25, 0.3) is 0 Å². The molecule has 0 bridgehead atoms. The number of ether oxygens (including phenoxy) is 2. The largest absolute Gasteiger partial charge is 0.486 e. The Kier molecular flexibility index (Phi) is 10.5. The number of aromatic nitrogens is 1. The molecular weight excluding hydrogens is 677 g/mol. The van der Waals surface area contributed by atoms with Crippen molar-refractivity contribution in [2.75, 3.05) is 19.4 Å². The van der Waals surface area contributed by atoms with Gasteiger partial charge in [0.2, 0.25) is 8.32 Å². The van der Waals surface area contributed by atoms with Crippen LogP contribution in [0.3, 0.4) is 0 Å². The molecule has 0 radical (unpaired) electrons. The van der Waals surface area contributed by atoms with Crippen molar-refractivity contribution in [3.63, 3.8) is 0 Å². The van der Waals surface area contributed by atoms with Gasteiger partial charge < -0.3 is 24.0 Å². The number of rotatable bonds is 12. The summed E-state index contributed by atoms with van der Waals surface area (Å²) in [5, 5.41) is 11.7. The highest BCUT2D eigenvalue weighted by Crippen LogP contribution is 2.51. The van der Waals surface area contributed by atoms with Gasteiger partial charge in [0, 0.05) is 23.0 Å². The second kappa shape index (κ2) is 14.0. The summed E-state index contributed by atoms with van der Waals surface area (Å²) in [5.74, 6) is 0.703. The fraction of sp³-hybridized carbons (Fsp3) is 0.405. The molecule has 2 N–H and O–H groups in total. The van der Waals surface area contributed by atoms with Gasteiger partial charge in [-0.2, -0.15) is 0 Å². The lowest BCUT2D eigenvalue weighted by atomic mass is 10.2. The molecule has 0 amide bonds. The van der Waals surface area contributed by atoms with Gasteiger partial charge in [-0.3, -0.25) is 9.79 Å². The van der Waals surface area contributed by atoms with Crippen LogP contribution in [0.2, 0.25) is 10.1 Å². The van der Waals surface area contributed by atoms with Crippen LogP contribution in [-0.4, -0.2) is 68.6 Å². The highest BCUT2D eigenvalue weighted by atomic mass is 32.2. The molecule has 262 valence electrons. The second-order valence-electron chi connectivity index (χ2n) is 14.7. The number of sulfone groups is 1. The topological polar surface area (TPSA) is 127 Å². The van der Waals surface area contributed by atoms with Gasteiger partial charge >= 0.3 is 5.97 Å².